The average molecular weight is 383 g/mol. The first kappa shape index (κ1) is 18.7. The lowest BCUT2D eigenvalue weighted by atomic mass is 10.3. The molecule has 3 rings (SSSR count). The number of rotatable bonds is 7. The molecule has 0 saturated carbocycles. The molecule has 0 amide bonds. The molecule has 1 N–H and O–H groups in total. The summed E-state index contributed by atoms with van der Waals surface area (Å²) in [4.78, 5) is 6.61. The van der Waals surface area contributed by atoms with E-state index in [-0.39, 0.29) is 4.90 Å². The minimum atomic E-state index is -3.69. The number of sulfonamides is 1. The van der Waals surface area contributed by atoms with Gasteiger partial charge in [-0.1, -0.05) is 18.2 Å². The number of benzene rings is 2. The van der Waals surface area contributed by atoms with Gasteiger partial charge in [0.2, 0.25) is 0 Å². The fraction of sp³-hybridized carbons (Fsp3) is 0.150. The normalized spacial score (nSPS) is 11.0. The number of nitrogens with zero attached hydrogens (tertiary/aromatic N) is 2. The highest BCUT2D eigenvalue weighted by atomic mass is 32.2. The third-order valence-corrected chi connectivity index (χ3v) is 5.43. The fourth-order valence-corrected chi connectivity index (χ4v) is 3.70. The van der Waals surface area contributed by atoms with Gasteiger partial charge in [0.05, 0.1) is 23.9 Å². The predicted molar refractivity (Wildman–Crippen MR) is 107 cm³/mol. The van der Waals surface area contributed by atoms with Gasteiger partial charge in [0, 0.05) is 12.2 Å². The van der Waals surface area contributed by atoms with Gasteiger partial charge < -0.3 is 9.64 Å². The standard InChI is InChI=1S/C20H21N3O3S/c1-3-23(17-7-5-4-6-8-17)20-14-9-16(15-21-20)22-27(24,25)19-12-10-18(26-2)11-13-19/h4-15,22H,3H2,1-2H3. The number of aromatic nitrogens is 1. The van der Waals surface area contributed by atoms with E-state index in [0.29, 0.717) is 11.4 Å². The first-order valence-electron chi connectivity index (χ1n) is 8.49. The van der Waals surface area contributed by atoms with Gasteiger partial charge in [-0.25, -0.2) is 13.4 Å². The Morgan fingerprint density at radius 2 is 1.70 bits per heavy atom. The minimum absolute atomic E-state index is 0.159. The van der Waals surface area contributed by atoms with E-state index < -0.39 is 10.0 Å². The number of nitrogens with one attached hydrogen (secondary N) is 1. The zero-order chi connectivity index (χ0) is 19.3. The molecule has 27 heavy (non-hydrogen) atoms. The van der Waals surface area contributed by atoms with E-state index in [2.05, 4.69) is 9.71 Å². The zero-order valence-corrected chi connectivity index (χ0v) is 16.0. The van der Waals surface area contributed by atoms with Crippen molar-refractivity contribution >= 4 is 27.2 Å². The Bertz CT molecular complexity index is 973. The van der Waals surface area contributed by atoms with Crippen LogP contribution in [-0.2, 0) is 10.0 Å². The molecule has 0 atom stereocenters. The summed E-state index contributed by atoms with van der Waals surface area (Å²) in [5, 5.41) is 0. The summed E-state index contributed by atoms with van der Waals surface area (Å²) < 4.78 is 32.6. The van der Waals surface area contributed by atoms with Gasteiger partial charge in [-0.15, -0.1) is 0 Å². The molecule has 7 heteroatoms. The van der Waals surface area contributed by atoms with Crippen LogP contribution < -0.4 is 14.4 Å². The second kappa shape index (κ2) is 8.09. The third kappa shape index (κ3) is 4.38. The summed E-state index contributed by atoms with van der Waals surface area (Å²) in [5.41, 5.74) is 1.43. The van der Waals surface area contributed by atoms with Crippen LogP contribution in [0.3, 0.4) is 0 Å². The van der Waals surface area contributed by atoms with Crippen molar-refractivity contribution < 1.29 is 13.2 Å². The Hall–Kier alpha value is -3.06. The molecule has 1 aromatic heterocycles. The largest absolute Gasteiger partial charge is 0.497 e. The van der Waals surface area contributed by atoms with Crippen molar-refractivity contribution in [3.8, 4) is 5.75 Å². The van der Waals surface area contributed by atoms with Crippen molar-refractivity contribution in [2.75, 3.05) is 23.3 Å². The van der Waals surface area contributed by atoms with E-state index in [1.807, 2.05) is 42.2 Å². The van der Waals surface area contributed by atoms with Gasteiger partial charge >= 0.3 is 0 Å². The highest BCUT2D eigenvalue weighted by molar-refractivity contribution is 7.92. The molecule has 3 aromatic rings. The third-order valence-electron chi connectivity index (χ3n) is 4.03. The van der Waals surface area contributed by atoms with Crippen molar-refractivity contribution in [2.24, 2.45) is 0 Å². The van der Waals surface area contributed by atoms with Crippen molar-refractivity contribution in [1.29, 1.82) is 0 Å². The maximum Gasteiger partial charge on any atom is 0.261 e. The molecule has 1 heterocycles. The summed E-state index contributed by atoms with van der Waals surface area (Å²) in [6.45, 7) is 2.78. The van der Waals surface area contributed by atoms with E-state index in [1.54, 1.807) is 24.3 Å². The van der Waals surface area contributed by atoms with Crippen LogP contribution in [0.5, 0.6) is 5.75 Å². The van der Waals surface area contributed by atoms with Crippen LogP contribution in [0.1, 0.15) is 6.92 Å². The number of hydrogen-bond acceptors (Lipinski definition) is 5. The van der Waals surface area contributed by atoms with E-state index in [0.717, 1.165) is 18.1 Å². The van der Waals surface area contributed by atoms with Gasteiger partial charge in [-0.2, -0.15) is 0 Å². The van der Waals surface area contributed by atoms with Gasteiger partial charge in [0.1, 0.15) is 11.6 Å². The lowest BCUT2D eigenvalue weighted by molar-refractivity contribution is 0.414. The Kier molecular flexibility index (Phi) is 5.61. The number of anilines is 3. The molecule has 0 aliphatic carbocycles. The highest BCUT2D eigenvalue weighted by Gasteiger charge is 2.15. The number of hydrogen-bond donors (Lipinski definition) is 1. The molecule has 0 bridgehead atoms. The molecule has 0 spiro atoms. The molecule has 0 aliphatic rings. The Labute approximate surface area is 159 Å². The summed E-state index contributed by atoms with van der Waals surface area (Å²) >= 11 is 0. The van der Waals surface area contributed by atoms with Gasteiger partial charge in [-0.05, 0) is 55.5 Å². The predicted octanol–water partition coefficient (Wildman–Crippen LogP) is 4.05. The number of ether oxygens (including phenoxy) is 1. The number of methoxy groups -OCH3 is 1. The fourth-order valence-electron chi connectivity index (χ4n) is 2.66. The summed E-state index contributed by atoms with van der Waals surface area (Å²) in [7, 11) is -2.16. The molecule has 0 fully saturated rings. The van der Waals surface area contributed by atoms with Crippen molar-refractivity contribution in [2.45, 2.75) is 11.8 Å². The lowest BCUT2D eigenvalue weighted by Crippen LogP contribution is -2.17. The Balaban J connectivity index is 1.78. The maximum absolute atomic E-state index is 12.5. The van der Waals surface area contributed by atoms with Gasteiger partial charge in [-0.3, -0.25) is 4.72 Å². The number of para-hydroxylation sites is 1. The molecule has 0 saturated heterocycles. The topological polar surface area (TPSA) is 71.5 Å². The summed E-state index contributed by atoms with van der Waals surface area (Å²) in [6.07, 6.45) is 1.52. The second-order valence-electron chi connectivity index (χ2n) is 5.77. The molecule has 6 nitrogen and oxygen atoms in total. The quantitative estimate of drug-likeness (QED) is 0.666. The van der Waals surface area contributed by atoms with Crippen LogP contribution in [0.2, 0.25) is 0 Å². The number of pyridine rings is 1. The van der Waals surface area contributed by atoms with E-state index in [4.69, 9.17) is 4.74 Å². The minimum Gasteiger partial charge on any atom is -0.497 e. The van der Waals surface area contributed by atoms with Gasteiger partial charge in [0.25, 0.3) is 10.0 Å². The maximum atomic E-state index is 12.5. The first-order chi connectivity index (χ1) is 13.0. The van der Waals surface area contributed by atoms with E-state index in [1.165, 1.54) is 25.4 Å². The average Bonchev–Trinajstić information content (AvgIpc) is 2.70. The van der Waals surface area contributed by atoms with Gasteiger partial charge in [0.15, 0.2) is 0 Å². The summed E-state index contributed by atoms with van der Waals surface area (Å²) in [5.74, 6) is 1.34. The van der Waals surface area contributed by atoms with Crippen LogP contribution in [0.25, 0.3) is 0 Å². The van der Waals surface area contributed by atoms with Crippen molar-refractivity contribution in [3.05, 3.63) is 72.9 Å². The molecule has 140 valence electrons. The smallest absolute Gasteiger partial charge is 0.261 e. The van der Waals surface area contributed by atoms with Crippen LogP contribution in [0.15, 0.2) is 77.8 Å². The molecular weight excluding hydrogens is 362 g/mol. The molecule has 0 unspecified atom stereocenters. The summed E-state index contributed by atoms with van der Waals surface area (Å²) in [6, 6.07) is 19.6. The lowest BCUT2D eigenvalue weighted by Gasteiger charge is -2.22. The molecule has 0 aliphatic heterocycles. The van der Waals surface area contributed by atoms with Crippen LogP contribution >= 0.6 is 0 Å². The zero-order valence-electron chi connectivity index (χ0n) is 15.2. The Morgan fingerprint density at radius 3 is 2.26 bits per heavy atom. The molecule has 0 radical (unpaired) electrons. The molecular formula is C20H21N3O3S. The molecule has 2 aromatic carbocycles. The highest BCUT2D eigenvalue weighted by Crippen LogP contribution is 2.25. The first-order valence-corrected chi connectivity index (χ1v) is 9.97. The van der Waals surface area contributed by atoms with E-state index in [9.17, 15) is 8.42 Å². The Morgan fingerprint density at radius 1 is 1.00 bits per heavy atom. The van der Waals surface area contributed by atoms with Crippen LogP contribution in [0, 0.1) is 0 Å². The van der Waals surface area contributed by atoms with Crippen molar-refractivity contribution in [1.82, 2.24) is 4.98 Å². The van der Waals surface area contributed by atoms with Crippen LogP contribution in [0.4, 0.5) is 17.2 Å². The second-order valence-corrected chi connectivity index (χ2v) is 7.45. The SMILES string of the molecule is CCN(c1ccccc1)c1ccc(NS(=O)(=O)c2ccc(OC)cc2)cn1. The van der Waals surface area contributed by atoms with E-state index >= 15 is 0 Å². The monoisotopic (exact) mass is 383 g/mol. The van der Waals surface area contributed by atoms with Crippen LogP contribution in [-0.4, -0.2) is 27.1 Å². The van der Waals surface area contributed by atoms with Crippen molar-refractivity contribution in [3.63, 3.8) is 0 Å².